The molecule has 1 amide bonds. The monoisotopic (exact) mass is 313 g/mol. The van der Waals surface area contributed by atoms with Gasteiger partial charge < -0.3 is 9.32 Å². The molecule has 0 aromatic carbocycles. The van der Waals surface area contributed by atoms with Gasteiger partial charge in [0.15, 0.2) is 0 Å². The summed E-state index contributed by atoms with van der Waals surface area (Å²) in [6, 6.07) is 7.02. The van der Waals surface area contributed by atoms with Crippen LogP contribution in [0.25, 0.3) is 0 Å². The lowest BCUT2D eigenvalue weighted by Gasteiger charge is -2.20. The van der Waals surface area contributed by atoms with Crippen LogP contribution in [0.15, 0.2) is 33.5 Å². The molecule has 0 spiro atoms. The van der Waals surface area contributed by atoms with E-state index in [1.165, 1.54) is 18.6 Å². The average molecular weight is 313 g/mol. The van der Waals surface area contributed by atoms with E-state index in [1.807, 2.05) is 12.1 Å². The Labute approximate surface area is 133 Å². The molecule has 2 atom stereocenters. The molecule has 23 heavy (non-hydrogen) atoms. The number of amides is 1. The summed E-state index contributed by atoms with van der Waals surface area (Å²) >= 11 is 0. The van der Waals surface area contributed by atoms with E-state index < -0.39 is 0 Å². The van der Waals surface area contributed by atoms with Crippen LogP contribution in [-0.2, 0) is 6.54 Å². The van der Waals surface area contributed by atoms with Crippen molar-refractivity contribution >= 4 is 5.91 Å². The van der Waals surface area contributed by atoms with Crippen molar-refractivity contribution in [2.75, 3.05) is 0 Å². The Morgan fingerprint density at radius 1 is 1.35 bits per heavy atom. The largest absolute Gasteiger partial charge is 0.464 e. The Hall–Kier alpha value is -2.37. The van der Waals surface area contributed by atoms with Crippen LogP contribution in [-0.4, -0.2) is 27.0 Å². The van der Waals surface area contributed by atoms with Gasteiger partial charge in [-0.2, -0.15) is 5.10 Å². The number of H-pyrrole nitrogens is 1. The zero-order chi connectivity index (χ0) is 16.0. The van der Waals surface area contributed by atoms with E-state index in [1.54, 1.807) is 4.90 Å². The van der Waals surface area contributed by atoms with Crippen molar-refractivity contribution in [1.29, 1.82) is 0 Å². The number of nitrogens with zero attached hydrogens (tertiary/aromatic N) is 2. The summed E-state index contributed by atoms with van der Waals surface area (Å²) in [4.78, 5) is 25.5. The molecule has 120 valence electrons. The fourth-order valence-corrected chi connectivity index (χ4v) is 2.93. The zero-order valence-electron chi connectivity index (χ0n) is 13.0. The molecule has 0 aliphatic heterocycles. The maximum atomic E-state index is 12.6. The quantitative estimate of drug-likeness (QED) is 0.918. The minimum Gasteiger partial charge on any atom is -0.464 e. The number of hydrogen-bond acceptors (Lipinski definition) is 4. The van der Waals surface area contributed by atoms with E-state index in [-0.39, 0.29) is 23.2 Å². The maximum Gasteiger partial charge on any atom is 0.274 e. The number of aromatic amines is 1. The molecular weight excluding hydrogens is 294 g/mol. The Morgan fingerprint density at radius 2 is 2.13 bits per heavy atom. The van der Waals surface area contributed by atoms with E-state index in [4.69, 9.17) is 4.42 Å². The molecule has 4 rings (SSSR count). The average Bonchev–Trinajstić information content (AvgIpc) is 3.46. The zero-order valence-corrected chi connectivity index (χ0v) is 13.0. The van der Waals surface area contributed by atoms with E-state index >= 15 is 0 Å². The number of nitrogens with one attached hydrogen (secondary N) is 1. The molecule has 2 fully saturated rings. The van der Waals surface area contributed by atoms with Crippen LogP contribution >= 0.6 is 0 Å². The first-order valence-electron chi connectivity index (χ1n) is 8.07. The molecule has 2 aromatic rings. The number of furan rings is 1. The number of rotatable bonds is 5. The molecule has 6 nitrogen and oxygen atoms in total. The molecule has 0 bridgehead atoms. The van der Waals surface area contributed by atoms with Crippen molar-refractivity contribution in [2.24, 2.45) is 5.92 Å². The van der Waals surface area contributed by atoms with Crippen LogP contribution in [0.5, 0.6) is 0 Å². The van der Waals surface area contributed by atoms with Gasteiger partial charge in [-0.15, -0.1) is 0 Å². The number of carbonyl (C=O) groups excluding carboxylic acids is 1. The highest BCUT2D eigenvalue weighted by Crippen LogP contribution is 2.47. The van der Waals surface area contributed by atoms with Crippen LogP contribution in [0.4, 0.5) is 0 Å². The molecule has 0 radical (unpaired) electrons. The lowest BCUT2D eigenvalue weighted by molar-refractivity contribution is 0.0709. The summed E-state index contributed by atoms with van der Waals surface area (Å²) in [5, 5.41) is 6.16. The molecule has 2 aliphatic carbocycles. The molecule has 2 aromatic heterocycles. The lowest BCUT2D eigenvalue weighted by Crippen LogP contribution is -2.33. The highest BCUT2D eigenvalue weighted by molar-refractivity contribution is 5.92. The molecule has 1 N–H and O–H groups in total. The molecule has 2 aliphatic rings. The molecular formula is C17H19N3O3. The first-order chi connectivity index (χ1) is 11.1. The van der Waals surface area contributed by atoms with Gasteiger partial charge in [0.1, 0.15) is 17.2 Å². The van der Waals surface area contributed by atoms with Gasteiger partial charge in [-0.25, -0.2) is 5.10 Å². The summed E-state index contributed by atoms with van der Waals surface area (Å²) in [5.41, 5.74) is -0.0483. The summed E-state index contributed by atoms with van der Waals surface area (Å²) in [5.74, 6) is 2.90. The third kappa shape index (κ3) is 2.93. The first-order valence-corrected chi connectivity index (χ1v) is 8.07. The van der Waals surface area contributed by atoms with Gasteiger partial charge in [0, 0.05) is 18.0 Å². The highest BCUT2D eigenvalue weighted by Gasteiger charge is 2.38. The fourth-order valence-electron chi connectivity index (χ4n) is 2.93. The molecule has 0 unspecified atom stereocenters. The van der Waals surface area contributed by atoms with Gasteiger partial charge in [0.2, 0.25) is 0 Å². The molecule has 0 saturated heterocycles. The van der Waals surface area contributed by atoms with E-state index in [2.05, 4.69) is 17.1 Å². The maximum absolute atomic E-state index is 12.6. The van der Waals surface area contributed by atoms with Gasteiger partial charge in [-0.05, 0) is 43.4 Å². The van der Waals surface area contributed by atoms with Crippen LogP contribution in [0.1, 0.15) is 54.1 Å². The predicted molar refractivity (Wildman–Crippen MR) is 83.0 cm³/mol. The topological polar surface area (TPSA) is 79.2 Å². The van der Waals surface area contributed by atoms with Crippen LogP contribution in [0.2, 0.25) is 0 Å². The smallest absolute Gasteiger partial charge is 0.274 e. The first kappa shape index (κ1) is 14.2. The Balaban J connectivity index is 1.51. The van der Waals surface area contributed by atoms with Gasteiger partial charge in [0.25, 0.3) is 11.5 Å². The third-order valence-electron chi connectivity index (χ3n) is 4.63. The fraction of sp³-hybridized carbons (Fsp3) is 0.471. The minimum atomic E-state index is -0.311. The van der Waals surface area contributed by atoms with Gasteiger partial charge in [-0.1, -0.05) is 6.92 Å². The second kappa shape index (κ2) is 5.37. The Morgan fingerprint density at radius 3 is 2.74 bits per heavy atom. The summed E-state index contributed by atoms with van der Waals surface area (Å²) in [7, 11) is 0. The van der Waals surface area contributed by atoms with Crippen molar-refractivity contribution < 1.29 is 9.21 Å². The standard InChI is InChI=1S/C17H19N3O3/c1-10-8-13(10)15-6-4-12(23-15)9-20(11-2-3-11)17(22)14-5-7-16(21)19-18-14/h4-7,10-11,13H,2-3,8-9H2,1H3,(H,19,21)/t10-,13-/m1/s1. The number of carbonyl (C=O) groups is 1. The van der Waals surface area contributed by atoms with E-state index in [0.29, 0.717) is 18.4 Å². The lowest BCUT2D eigenvalue weighted by atomic mass is 10.2. The van der Waals surface area contributed by atoms with Crippen molar-refractivity contribution in [3.05, 3.63) is 51.8 Å². The second-order valence-corrected chi connectivity index (χ2v) is 6.59. The number of hydrogen-bond donors (Lipinski definition) is 1. The van der Waals surface area contributed by atoms with Crippen LogP contribution in [0, 0.1) is 5.92 Å². The highest BCUT2D eigenvalue weighted by atomic mass is 16.3. The summed E-state index contributed by atoms with van der Waals surface area (Å²) in [6.45, 7) is 2.67. The van der Waals surface area contributed by atoms with Gasteiger partial charge in [-0.3, -0.25) is 9.59 Å². The van der Waals surface area contributed by atoms with Crippen LogP contribution < -0.4 is 5.56 Å². The van der Waals surface area contributed by atoms with E-state index in [0.717, 1.165) is 24.4 Å². The Bertz CT molecular complexity index is 770. The summed E-state index contributed by atoms with van der Waals surface area (Å²) in [6.07, 6.45) is 3.18. The van der Waals surface area contributed by atoms with Gasteiger partial charge >= 0.3 is 0 Å². The predicted octanol–water partition coefficient (Wildman–Crippen LogP) is 2.29. The molecule has 2 saturated carbocycles. The third-order valence-corrected chi connectivity index (χ3v) is 4.63. The minimum absolute atomic E-state index is 0.165. The SMILES string of the molecule is C[C@@H]1C[C@H]1c1ccc(CN(C(=O)c2ccc(=O)[nH]n2)C2CC2)o1. The summed E-state index contributed by atoms with van der Waals surface area (Å²) < 4.78 is 5.92. The van der Waals surface area contributed by atoms with Crippen molar-refractivity contribution in [3.63, 3.8) is 0 Å². The van der Waals surface area contributed by atoms with Crippen molar-refractivity contribution in [1.82, 2.24) is 15.1 Å². The molecule has 2 heterocycles. The number of aromatic nitrogens is 2. The van der Waals surface area contributed by atoms with Crippen molar-refractivity contribution in [3.8, 4) is 0 Å². The van der Waals surface area contributed by atoms with Crippen molar-refractivity contribution in [2.45, 2.75) is 44.7 Å². The Kier molecular flexibility index (Phi) is 3.32. The normalized spacial score (nSPS) is 22.8. The van der Waals surface area contributed by atoms with E-state index in [9.17, 15) is 9.59 Å². The van der Waals surface area contributed by atoms with Gasteiger partial charge in [0.05, 0.1) is 6.54 Å². The second-order valence-electron chi connectivity index (χ2n) is 6.59. The van der Waals surface area contributed by atoms with Crippen LogP contribution in [0.3, 0.4) is 0 Å². The molecule has 6 heteroatoms.